The number of nitrogens with zero attached hydrogens (tertiary/aromatic N) is 1. The summed E-state index contributed by atoms with van der Waals surface area (Å²) in [6.45, 7) is 0. The molecule has 4 heteroatoms. The van der Waals surface area contributed by atoms with Crippen LogP contribution in [0.2, 0.25) is 0 Å². The van der Waals surface area contributed by atoms with E-state index >= 15 is 0 Å². The smallest absolute Gasteiger partial charge is 0.337 e. The van der Waals surface area contributed by atoms with E-state index in [2.05, 4.69) is 4.74 Å². The molecular formula is C18H19NO3. The quantitative estimate of drug-likeness (QED) is 0.629. The molecule has 114 valence electrons. The van der Waals surface area contributed by atoms with Gasteiger partial charge >= 0.3 is 5.97 Å². The minimum absolute atomic E-state index is 0.0520. The van der Waals surface area contributed by atoms with Gasteiger partial charge in [0.15, 0.2) is 5.78 Å². The average molecular weight is 297 g/mol. The molecule has 0 radical (unpaired) electrons. The summed E-state index contributed by atoms with van der Waals surface area (Å²) >= 11 is 0. The number of benzene rings is 2. The van der Waals surface area contributed by atoms with Crippen molar-refractivity contribution < 1.29 is 14.3 Å². The molecule has 22 heavy (non-hydrogen) atoms. The first-order chi connectivity index (χ1) is 10.5. The molecule has 0 fully saturated rings. The number of hydrogen-bond acceptors (Lipinski definition) is 4. The van der Waals surface area contributed by atoms with Crippen molar-refractivity contribution >= 4 is 17.4 Å². The highest BCUT2D eigenvalue weighted by molar-refractivity contribution is 5.98. The van der Waals surface area contributed by atoms with Crippen molar-refractivity contribution in [2.45, 2.75) is 6.42 Å². The van der Waals surface area contributed by atoms with Gasteiger partial charge in [0.05, 0.1) is 12.7 Å². The van der Waals surface area contributed by atoms with Crippen LogP contribution in [0.5, 0.6) is 0 Å². The molecule has 0 N–H and O–H groups in total. The predicted molar refractivity (Wildman–Crippen MR) is 86.6 cm³/mol. The first kappa shape index (κ1) is 15.8. The van der Waals surface area contributed by atoms with Crippen molar-refractivity contribution in [1.29, 1.82) is 0 Å². The topological polar surface area (TPSA) is 46.6 Å². The lowest BCUT2D eigenvalue weighted by molar-refractivity contribution is 0.0600. The second-order valence-corrected chi connectivity index (χ2v) is 5.23. The summed E-state index contributed by atoms with van der Waals surface area (Å²) < 4.78 is 4.65. The minimum atomic E-state index is -0.378. The Morgan fingerprint density at radius 2 is 1.45 bits per heavy atom. The SMILES string of the molecule is COC(=O)c1ccc(CC(=O)c2ccc(N(C)C)cc2)cc1. The largest absolute Gasteiger partial charge is 0.465 e. The molecule has 0 saturated heterocycles. The number of rotatable bonds is 5. The van der Waals surface area contributed by atoms with E-state index in [1.54, 1.807) is 24.3 Å². The van der Waals surface area contributed by atoms with Crippen LogP contribution >= 0.6 is 0 Å². The molecule has 0 aliphatic carbocycles. The summed E-state index contributed by atoms with van der Waals surface area (Å²) in [6.07, 6.45) is 0.308. The Kier molecular flexibility index (Phi) is 4.94. The number of ketones is 1. The van der Waals surface area contributed by atoms with Crippen LogP contribution in [-0.4, -0.2) is 33.0 Å². The Bertz CT molecular complexity index is 658. The molecule has 0 atom stereocenters. The molecule has 4 nitrogen and oxygen atoms in total. The van der Waals surface area contributed by atoms with Crippen LogP contribution in [0.4, 0.5) is 5.69 Å². The Balaban J connectivity index is 2.06. The van der Waals surface area contributed by atoms with Crippen molar-refractivity contribution in [1.82, 2.24) is 0 Å². The maximum atomic E-state index is 12.3. The maximum Gasteiger partial charge on any atom is 0.337 e. The Hall–Kier alpha value is -2.62. The van der Waals surface area contributed by atoms with Crippen molar-refractivity contribution in [2.24, 2.45) is 0 Å². The second-order valence-electron chi connectivity index (χ2n) is 5.23. The molecule has 0 aliphatic heterocycles. The molecule has 2 rings (SSSR count). The minimum Gasteiger partial charge on any atom is -0.465 e. The van der Waals surface area contributed by atoms with Crippen molar-refractivity contribution in [2.75, 3.05) is 26.1 Å². The van der Waals surface area contributed by atoms with E-state index < -0.39 is 0 Å². The van der Waals surface area contributed by atoms with E-state index in [0.717, 1.165) is 11.3 Å². The van der Waals surface area contributed by atoms with Gasteiger partial charge in [-0.2, -0.15) is 0 Å². The Morgan fingerprint density at radius 3 is 1.95 bits per heavy atom. The van der Waals surface area contributed by atoms with Crippen molar-refractivity contribution in [3.63, 3.8) is 0 Å². The molecule has 0 unspecified atom stereocenters. The van der Waals surface area contributed by atoms with Gasteiger partial charge < -0.3 is 9.64 Å². The average Bonchev–Trinajstić information content (AvgIpc) is 2.54. The zero-order chi connectivity index (χ0) is 16.1. The van der Waals surface area contributed by atoms with Gasteiger partial charge in [-0.25, -0.2) is 4.79 Å². The summed E-state index contributed by atoms with van der Waals surface area (Å²) in [7, 11) is 5.26. The molecule has 0 saturated carbocycles. The Morgan fingerprint density at radius 1 is 0.909 bits per heavy atom. The lowest BCUT2D eigenvalue weighted by Crippen LogP contribution is -2.09. The van der Waals surface area contributed by atoms with Gasteiger partial charge in [-0.3, -0.25) is 4.79 Å². The number of anilines is 1. The van der Waals surface area contributed by atoms with Crippen LogP contribution in [-0.2, 0) is 11.2 Å². The lowest BCUT2D eigenvalue weighted by atomic mass is 10.0. The van der Waals surface area contributed by atoms with Gasteiger partial charge in [0.25, 0.3) is 0 Å². The standard InChI is InChI=1S/C18H19NO3/c1-19(2)16-10-8-14(9-11-16)17(20)12-13-4-6-15(7-5-13)18(21)22-3/h4-11H,12H2,1-3H3. The van der Waals surface area contributed by atoms with E-state index in [1.807, 2.05) is 43.3 Å². The normalized spacial score (nSPS) is 10.1. The number of carbonyl (C=O) groups is 2. The molecular weight excluding hydrogens is 278 g/mol. The fourth-order valence-corrected chi connectivity index (χ4v) is 2.11. The number of methoxy groups -OCH3 is 1. The van der Waals surface area contributed by atoms with Gasteiger partial charge in [-0.15, -0.1) is 0 Å². The highest BCUT2D eigenvalue weighted by Crippen LogP contribution is 2.15. The lowest BCUT2D eigenvalue weighted by Gasteiger charge is -2.12. The van der Waals surface area contributed by atoms with E-state index in [-0.39, 0.29) is 11.8 Å². The monoisotopic (exact) mass is 297 g/mol. The molecule has 0 aliphatic rings. The summed E-state index contributed by atoms with van der Waals surface area (Å²) in [5.74, 6) is -0.326. The third-order valence-electron chi connectivity index (χ3n) is 3.45. The molecule has 2 aromatic rings. The van der Waals surface area contributed by atoms with Crippen LogP contribution in [0.1, 0.15) is 26.3 Å². The maximum absolute atomic E-state index is 12.3. The van der Waals surface area contributed by atoms with E-state index in [9.17, 15) is 9.59 Å². The third-order valence-corrected chi connectivity index (χ3v) is 3.45. The zero-order valence-electron chi connectivity index (χ0n) is 13.0. The van der Waals surface area contributed by atoms with E-state index in [4.69, 9.17) is 0 Å². The highest BCUT2D eigenvalue weighted by Gasteiger charge is 2.09. The number of carbonyl (C=O) groups excluding carboxylic acids is 2. The first-order valence-corrected chi connectivity index (χ1v) is 6.99. The molecule has 0 heterocycles. The summed E-state index contributed by atoms with van der Waals surface area (Å²) in [4.78, 5) is 25.6. The zero-order valence-corrected chi connectivity index (χ0v) is 13.0. The van der Waals surface area contributed by atoms with E-state index in [0.29, 0.717) is 17.5 Å². The predicted octanol–water partition coefficient (Wildman–Crippen LogP) is 2.96. The van der Waals surface area contributed by atoms with Crippen molar-refractivity contribution in [3.05, 3.63) is 65.2 Å². The number of hydrogen-bond donors (Lipinski definition) is 0. The van der Waals surface area contributed by atoms with Crippen LogP contribution in [0, 0.1) is 0 Å². The number of Topliss-reactive ketones (excluding diaryl/α,β-unsaturated/α-hetero) is 1. The molecule has 2 aromatic carbocycles. The van der Waals surface area contributed by atoms with Crippen LogP contribution < -0.4 is 4.90 Å². The third kappa shape index (κ3) is 3.73. The molecule has 0 spiro atoms. The molecule has 0 aromatic heterocycles. The summed E-state index contributed by atoms with van der Waals surface area (Å²) in [5.41, 5.74) is 3.09. The van der Waals surface area contributed by atoms with Crippen LogP contribution in [0.15, 0.2) is 48.5 Å². The fourth-order valence-electron chi connectivity index (χ4n) is 2.11. The van der Waals surface area contributed by atoms with Gasteiger partial charge in [0.1, 0.15) is 0 Å². The van der Waals surface area contributed by atoms with Gasteiger partial charge in [0, 0.05) is 31.8 Å². The Labute approximate surface area is 130 Å². The first-order valence-electron chi connectivity index (χ1n) is 6.99. The summed E-state index contributed by atoms with van der Waals surface area (Å²) in [6, 6.07) is 14.4. The highest BCUT2D eigenvalue weighted by atomic mass is 16.5. The summed E-state index contributed by atoms with van der Waals surface area (Å²) in [5, 5.41) is 0. The second kappa shape index (κ2) is 6.89. The molecule has 0 bridgehead atoms. The van der Waals surface area contributed by atoms with Gasteiger partial charge in [-0.05, 0) is 42.0 Å². The number of esters is 1. The number of ether oxygens (including phenoxy) is 1. The van der Waals surface area contributed by atoms with Gasteiger partial charge in [-0.1, -0.05) is 12.1 Å². The van der Waals surface area contributed by atoms with Crippen LogP contribution in [0.25, 0.3) is 0 Å². The fraction of sp³-hybridized carbons (Fsp3) is 0.222. The van der Waals surface area contributed by atoms with Gasteiger partial charge in [0.2, 0.25) is 0 Å². The van der Waals surface area contributed by atoms with Crippen molar-refractivity contribution in [3.8, 4) is 0 Å². The molecule has 0 amide bonds. The van der Waals surface area contributed by atoms with Crippen LogP contribution in [0.3, 0.4) is 0 Å². The van der Waals surface area contributed by atoms with E-state index in [1.165, 1.54) is 7.11 Å².